The van der Waals surface area contributed by atoms with Gasteiger partial charge in [0.05, 0.1) is 27.7 Å². The summed E-state index contributed by atoms with van der Waals surface area (Å²) in [5.41, 5.74) is 1.70. The van der Waals surface area contributed by atoms with Gasteiger partial charge in [-0.05, 0) is 38.0 Å². The number of thiazole rings is 1. The average molecular weight is 412 g/mol. The lowest BCUT2D eigenvalue weighted by molar-refractivity contribution is -0.384. The Hall–Kier alpha value is -3.20. The van der Waals surface area contributed by atoms with Crippen LogP contribution >= 0.6 is 11.3 Å². The third kappa shape index (κ3) is 4.14. The summed E-state index contributed by atoms with van der Waals surface area (Å²) in [5.74, 6) is 0.872. The fraction of sp³-hybridized carbons (Fsp3) is 0.300. The number of carbonyl (C=O) groups is 1. The maximum Gasteiger partial charge on any atom is 0.270 e. The van der Waals surface area contributed by atoms with E-state index in [1.165, 1.54) is 12.1 Å². The predicted octanol–water partition coefficient (Wildman–Crippen LogP) is 4.15. The number of aryl methyl sites for hydroxylation is 1. The summed E-state index contributed by atoms with van der Waals surface area (Å²) in [6, 6.07) is 8.06. The molecule has 1 aromatic carbocycles. The number of non-ortho nitro benzene ring substituents is 1. The number of benzene rings is 1. The molecule has 0 bridgehead atoms. The molecule has 0 aliphatic carbocycles. The van der Waals surface area contributed by atoms with Crippen molar-refractivity contribution in [1.29, 1.82) is 0 Å². The molecular formula is C20H20N4O4S. The van der Waals surface area contributed by atoms with Crippen molar-refractivity contribution >= 4 is 28.6 Å². The van der Waals surface area contributed by atoms with Gasteiger partial charge in [0.15, 0.2) is 5.76 Å². The van der Waals surface area contributed by atoms with Crippen molar-refractivity contribution in [1.82, 2.24) is 10.3 Å². The standard InChI is InChI=1S/C20H20N4O4S/c1-13-22-17(12-29-13)19-7-5-15(28-19)11-21-20(25)16-10-14(24(26)27)4-6-18(16)23-8-2-3-9-23/h4-7,10,12H,2-3,8-9,11H2,1H3,(H,21,25). The van der Waals surface area contributed by atoms with Gasteiger partial charge >= 0.3 is 0 Å². The molecule has 29 heavy (non-hydrogen) atoms. The molecule has 1 N–H and O–H groups in total. The van der Waals surface area contributed by atoms with Crippen LogP contribution in [0.5, 0.6) is 0 Å². The van der Waals surface area contributed by atoms with E-state index >= 15 is 0 Å². The monoisotopic (exact) mass is 412 g/mol. The summed E-state index contributed by atoms with van der Waals surface area (Å²) in [4.78, 5) is 30.0. The first-order valence-corrected chi connectivity index (χ1v) is 10.2. The van der Waals surface area contributed by atoms with E-state index in [4.69, 9.17) is 4.42 Å². The van der Waals surface area contributed by atoms with Gasteiger partial charge < -0.3 is 14.6 Å². The highest BCUT2D eigenvalue weighted by atomic mass is 32.1. The van der Waals surface area contributed by atoms with Crippen LogP contribution in [0.15, 0.2) is 40.1 Å². The van der Waals surface area contributed by atoms with E-state index in [-0.39, 0.29) is 18.1 Å². The van der Waals surface area contributed by atoms with Crippen LogP contribution in [0, 0.1) is 17.0 Å². The summed E-state index contributed by atoms with van der Waals surface area (Å²) in [6.45, 7) is 3.79. The molecule has 3 heterocycles. The summed E-state index contributed by atoms with van der Waals surface area (Å²) >= 11 is 1.54. The lowest BCUT2D eigenvalue weighted by atomic mass is 10.1. The van der Waals surface area contributed by atoms with Crippen LogP contribution in [0.25, 0.3) is 11.5 Å². The Kier molecular flexibility index (Phi) is 5.30. The SMILES string of the molecule is Cc1nc(-c2ccc(CNC(=O)c3cc([N+](=O)[O-])ccc3N3CCCC3)o2)cs1. The van der Waals surface area contributed by atoms with E-state index < -0.39 is 4.92 Å². The van der Waals surface area contributed by atoms with Crippen molar-refractivity contribution in [2.75, 3.05) is 18.0 Å². The Morgan fingerprint density at radius 3 is 2.79 bits per heavy atom. The number of carbonyl (C=O) groups excluding carboxylic acids is 1. The van der Waals surface area contributed by atoms with E-state index in [0.29, 0.717) is 17.1 Å². The zero-order valence-corrected chi connectivity index (χ0v) is 16.7. The van der Waals surface area contributed by atoms with Crippen LogP contribution in [-0.2, 0) is 6.54 Å². The fourth-order valence-electron chi connectivity index (χ4n) is 3.40. The van der Waals surface area contributed by atoms with Gasteiger partial charge in [-0.3, -0.25) is 14.9 Å². The smallest absolute Gasteiger partial charge is 0.270 e. The minimum Gasteiger partial charge on any atom is -0.458 e. The molecule has 150 valence electrons. The first-order valence-electron chi connectivity index (χ1n) is 9.34. The van der Waals surface area contributed by atoms with Gasteiger partial charge in [-0.25, -0.2) is 4.98 Å². The Balaban J connectivity index is 1.51. The molecule has 1 aliphatic heterocycles. The number of aromatic nitrogens is 1. The molecule has 1 amide bonds. The number of nitro groups is 1. The molecule has 9 heteroatoms. The molecule has 0 saturated carbocycles. The Labute approximate surface area is 171 Å². The number of rotatable bonds is 6. The van der Waals surface area contributed by atoms with Crippen LogP contribution < -0.4 is 10.2 Å². The molecule has 0 spiro atoms. The van der Waals surface area contributed by atoms with Gasteiger partial charge in [-0.1, -0.05) is 0 Å². The van der Waals surface area contributed by atoms with Crippen molar-refractivity contribution in [2.24, 2.45) is 0 Å². The molecule has 4 rings (SSSR count). The second-order valence-corrected chi connectivity index (χ2v) is 7.92. The maximum absolute atomic E-state index is 12.8. The third-order valence-electron chi connectivity index (χ3n) is 4.84. The molecule has 2 aromatic heterocycles. The van der Waals surface area contributed by atoms with E-state index in [1.54, 1.807) is 23.5 Å². The molecule has 1 saturated heterocycles. The van der Waals surface area contributed by atoms with Crippen LogP contribution in [-0.4, -0.2) is 28.9 Å². The Morgan fingerprint density at radius 2 is 2.10 bits per heavy atom. The maximum atomic E-state index is 12.8. The predicted molar refractivity (Wildman–Crippen MR) is 110 cm³/mol. The normalized spacial score (nSPS) is 13.6. The zero-order chi connectivity index (χ0) is 20.4. The van der Waals surface area contributed by atoms with Crippen LogP contribution in [0.2, 0.25) is 0 Å². The molecule has 3 aromatic rings. The van der Waals surface area contributed by atoms with E-state index in [1.807, 2.05) is 18.4 Å². The largest absolute Gasteiger partial charge is 0.458 e. The van der Waals surface area contributed by atoms with Crippen molar-refractivity contribution < 1.29 is 14.1 Å². The first-order chi connectivity index (χ1) is 14.0. The van der Waals surface area contributed by atoms with Gasteiger partial charge in [0.2, 0.25) is 0 Å². The molecule has 8 nitrogen and oxygen atoms in total. The summed E-state index contributed by atoms with van der Waals surface area (Å²) in [6.07, 6.45) is 2.09. The highest BCUT2D eigenvalue weighted by molar-refractivity contribution is 7.09. The first kappa shape index (κ1) is 19.1. The van der Waals surface area contributed by atoms with Crippen LogP contribution in [0.4, 0.5) is 11.4 Å². The number of amides is 1. The third-order valence-corrected chi connectivity index (χ3v) is 5.61. The summed E-state index contributed by atoms with van der Waals surface area (Å²) in [5, 5.41) is 16.9. The van der Waals surface area contributed by atoms with Crippen molar-refractivity contribution in [2.45, 2.75) is 26.3 Å². The molecular weight excluding hydrogens is 392 g/mol. The highest BCUT2D eigenvalue weighted by Crippen LogP contribution is 2.29. The second kappa shape index (κ2) is 8.04. The lowest BCUT2D eigenvalue weighted by Gasteiger charge is -2.20. The van der Waals surface area contributed by atoms with Gasteiger partial charge in [-0.2, -0.15) is 0 Å². The minimum absolute atomic E-state index is 0.0997. The number of furan rings is 1. The van der Waals surface area contributed by atoms with Gasteiger partial charge in [0.1, 0.15) is 11.5 Å². The van der Waals surface area contributed by atoms with Crippen molar-refractivity contribution in [3.8, 4) is 11.5 Å². The van der Waals surface area contributed by atoms with Gasteiger partial charge in [0.25, 0.3) is 11.6 Å². The molecule has 0 unspecified atom stereocenters. The minimum atomic E-state index is -0.487. The topological polar surface area (TPSA) is 102 Å². The molecule has 0 atom stereocenters. The number of hydrogen-bond donors (Lipinski definition) is 1. The summed E-state index contributed by atoms with van der Waals surface area (Å²) < 4.78 is 5.77. The van der Waals surface area contributed by atoms with Gasteiger partial charge in [-0.15, -0.1) is 11.3 Å². The molecule has 0 radical (unpaired) electrons. The summed E-state index contributed by atoms with van der Waals surface area (Å²) in [7, 11) is 0. The van der Waals surface area contributed by atoms with Crippen molar-refractivity contribution in [3.63, 3.8) is 0 Å². The van der Waals surface area contributed by atoms with Crippen LogP contribution in [0.3, 0.4) is 0 Å². The number of nitrogens with one attached hydrogen (secondary N) is 1. The van der Waals surface area contributed by atoms with Crippen molar-refractivity contribution in [3.05, 3.63) is 62.2 Å². The Bertz CT molecular complexity index is 1050. The second-order valence-electron chi connectivity index (χ2n) is 6.85. The Morgan fingerprint density at radius 1 is 1.31 bits per heavy atom. The number of nitrogens with zero attached hydrogens (tertiary/aromatic N) is 3. The van der Waals surface area contributed by atoms with E-state index in [2.05, 4.69) is 15.2 Å². The number of nitro benzene ring substituents is 1. The highest BCUT2D eigenvalue weighted by Gasteiger charge is 2.22. The number of hydrogen-bond acceptors (Lipinski definition) is 7. The zero-order valence-electron chi connectivity index (χ0n) is 15.9. The van der Waals surface area contributed by atoms with Crippen LogP contribution in [0.1, 0.15) is 34.0 Å². The average Bonchev–Trinajstić information content (AvgIpc) is 3.47. The lowest BCUT2D eigenvalue weighted by Crippen LogP contribution is -2.27. The quantitative estimate of drug-likeness (QED) is 0.482. The number of anilines is 1. The molecule has 1 aliphatic rings. The van der Waals surface area contributed by atoms with E-state index in [0.717, 1.165) is 42.3 Å². The molecule has 1 fully saturated rings. The fourth-order valence-corrected chi connectivity index (χ4v) is 4.01. The van der Waals surface area contributed by atoms with E-state index in [9.17, 15) is 14.9 Å². The van der Waals surface area contributed by atoms with Gasteiger partial charge in [0, 0.05) is 30.6 Å².